The summed E-state index contributed by atoms with van der Waals surface area (Å²) >= 11 is 0. The van der Waals surface area contributed by atoms with Crippen LogP contribution in [0.5, 0.6) is 0 Å². The molecule has 0 fully saturated rings. The van der Waals surface area contributed by atoms with Crippen molar-refractivity contribution in [3.8, 4) is 0 Å². The number of benzene rings is 2. The molecule has 0 atom stereocenters. The Hall–Kier alpha value is -2.60. The third-order valence-corrected chi connectivity index (χ3v) is 4.87. The fourth-order valence-corrected chi connectivity index (χ4v) is 3.57. The van der Waals surface area contributed by atoms with Gasteiger partial charge in [-0.1, -0.05) is 36.4 Å². The molecule has 111 valence electrons. The zero-order valence-electron chi connectivity index (χ0n) is 11.6. The molecule has 0 spiro atoms. The first-order valence-electron chi connectivity index (χ1n) is 6.62. The monoisotopic (exact) mass is 313 g/mol. The lowest BCUT2D eigenvalue weighted by Crippen LogP contribution is -2.30. The van der Waals surface area contributed by atoms with E-state index >= 15 is 0 Å². The number of rotatable bonds is 5. The van der Waals surface area contributed by atoms with Crippen LogP contribution >= 0.6 is 0 Å². The van der Waals surface area contributed by atoms with Crippen molar-refractivity contribution in [3.05, 3.63) is 66.4 Å². The Bertz CT molecular complexity index is 901. The molecule has 5 nitrogen and oxygen atoms in total. The van der Waals surface area contributed by atoms with Crippen molar-refractivity contribution in [1.82, 2.24) is 4.98 Å². The average Bonchev–Trinajstić information content (AvgIpc) is 2.96. The van der Waals surface area contributed by atoms with Gasteiger partial charge in [-0.2, -0.15) is 4.31 Å². The first-order valence-corrected chi connectivity index (χ1v) is 8.23. The van der Waals surface area contributed by atoms with E-state index in [2.05, 4.69) is 4.98 Å². The number of hydrogen-bond acceptors (Lipinski definition) is 3. The van der Waals surface area contributed by atoms with Gasteiger partial charge >= 0.3 is 6.41 Å². The third kappa shape index (κ3) is 2.73. The number of sulfonamides is 1. The summed E-state index contributed by atoms with van der Waals surface area (Å²) in [6, 6.07) is 15.5. The summed E-state index contributed by atoms with van der Waals surface area (Å²) in [4.78, 5) is 14.2. The Labute approximate surface area is 128 Å². The van der Waals surface area contributed by atoms with E-state index in [1.807, 2.05) is 6.07 Å². The highest BCUT2D eigenvalue weighted by molar-refractivity contribution is 7.92. The molecule has 0 saturated heterocycles. The van der Waals surface area contributed by atoms with E-state index in [-0.39, 0.29) is 11.4 Å². The highest BCUT2D eigenvalue weighted by Gasteiger charge is 2.24. The van der Waals surface area contributed by atoms with E-state index in [0.29, 0.717) is 9.87 Å². The fraction of sp³-hybridized carbons (Fsp3) is 0.0625. The largest absolute Gasteiger partial charge is 0.361 e. The lowest BCUT2D eigenvalue weighted by molar-refractivity contribution is 0.553. The van der Waals surface area contributed by atoms with Crippen molar-refractivity contribution < 1.29 is 13.2 Å². The Morgan fingerprint density at radius 3 is 2.55 bits per heavy atom. The Morgan fingerprint density at radius 2 is 1.82 bits per heavy atom. The number of H-pyrrole nitrogens is 1. The van der Waals surface area contributed by atoms with E-state index in [0.717, 1.165) is 10.9 Å². The highest BCUT2D eigenvalue weighted by Crippen LogP contribution is 2.23. The van der Waals surface area contributed by atoms with E-state index in [1.165, 1.54) is 6.41 Å². The van der Waals surface area contributed by atoms with Gasteiger partial charge in [0, 0.05) is 11.7 Å². The highest BCUT2D eigenvalue weighted by atomic mass is 32.2. The second-order valence-electron chi connectivity index (χ2n) is 4.85. The summed E-state index contributed by atoms with van der Waals surface area (Å²) in [5, 5.41) is 0.940. The molecule has 3 rings (SSSR count). The summed E-state index contributed by atoms with van der Waals surface area (Å²) in [7, 11) is -3.83. The molecule has 22 heavy (non-hydrogen) atoms. The van der Waals surface area contributed by atoms with E-state index < -0.39 is 10.0 Å². The molecule has 0 unspecified atom stereocenters. The number of aromatic amines is 1. The first kappa shape index (κ1) is 14.3. The quantitative estimate of drug-likeness (QED) is 0.736. The fourth-order valence-electron chi connectivity index (χ4n) is 2.28. The molecule has 1 heterocycles. The molecule has 1 N–H and O–H groups in total. The van der Waals surface area contributed by atoms with Crippen LogP contribution in [0, 0.1) is 0 Å². The number of nitrogens with one attached hydrogen (secondary N) is 1. The molecule has 0 saturated carbocycles. The molecule has 1 amide bonds. The zero-order valence-corrected chi connectivity index (χ0v) is 12.4. The summed E-state index contributed by atoms with van der Waals surface area (Å²) in [6.45, 7) is 0. The van der Waals surface area contributed by atoms with Crippen molar-refractivity contribution in [2.75, 3.05) is 4.31 Å². The van der Waals surface area contributed by atoms with Gasteiger partial charge in [-0.05, 0) is 29.1 Å². The van der Waals surface area contributed by atoms with Crippen LogP contribution in [0.15, 0.2) is 60.8 Å². The standard InChI is InChI=1S/C16H13N2O3S/c19-12-18(15-7-6-14-8-9-17-16(14)10-15)22(20,21)11-13-4-2-1-3-5-13/h1-10,17H,11H2. The van der Waals surface area contributed by atoms with Crippen LogP contribution in [0.3, 0.4) is 0 Å². The lowest BCUT2D eigenvalue weighted by Gasteiger charge is -2.17. The van der Waals surface area contributed by atoms with E-state index in [4.69, 9.17) is 0 Å². The second-order valence-corrected chi connectivity index (χ2v) is 6.66. The van der Waals surface area contributed by atoms with Crippen molar-refractivity contribution in [1.29, 1.82) is 0 Å². The number of fused-ring (bicyclic) bond motifs is 1. The minimum absolute atomic E-state index is 0.258. The summed E-state index contributed by atoms with van der Waals surface area (Å²) in [5.74, 6) is -0.258. The Balaban J connectivity index is 1.97. The van der Waals surface area contributed by atoms with Crippen molar-refractivity contribution >= 4 is 33.0 Å². The number of aromatic nitrogens is 1. The van der Waals surface area contributed by atoms with Crippen LogP contribution in [0.25, 0.3) is 10.9 Å². The van der Waals surface area contributed by atoms with Gasteiger partial charge in [-0.3, -0.25) is 4.79 Å². The van der Waals surface area contributed by atoms with Crippen LogP contribution in [0.2, 0.25) is 0 Å². The van der Waals surface area contributed by atoms with Gasteiger partial charge in [-0.25, -0.2) is 8.42 Å². The average molecular weight is 313 g/mol. The minimum Gasteiger partial charge on any atom is -0.361 e. The molecule has 1 radical (unpaired) electrons. The van der Waals surface area contributed by atoms with Crippen LogP contribution < -0.4 is 4.31 Å². The Morgan fingerprint density at radius 1 is 1.05 bits per heavy atom. The SMILES string of the molecule is O=[C]N(c1ccc2cc[nH]c2c1)S(=O)(=O)Cc1ccccc1. The van der Waals surface area contributed by atoms with Crippen LogP contribution in [0.4, 0.5) is 5.69 Å². The molecule has 3 aromatic rings. The van der Waals surface area contributed by atoms with Gasteiger partial charge in [0.1, 0.15) is 0 Å². The van der Waals surface area contributed by atoms with Gasteiger partial charge in [0.2, 0.25) is 10.0 Å². The summed E-state index contributed by atoms with van der Waals surface area (Å²) < 4.78 is 25.6. The normalized spacial score (nSPS) is 11.5. The van der Waals surface area contributed by atoms with Gasteiger partial charge < -0.3 is 4.98 Å². The third-order valence-electron chi connectivity index (χ3n) is 3.33. The predicted octanol–water partition coefficient (Wildman–Crippen LogP) is 2.57. The molecular formula is C16H13N2O3S. The summed E-state index contributed by atoms with van der Waals surface area (Å²) in [6.07, 6.45) is 3.27. The van der Waals surface area contributed by atoms with E-state index in [9.17, 15) is 13.2 Å². The molecule has 6 heteroatoms. The van der Waals surface area contributed by atoms with Crippen LogP contribution in [0.1, 0.15) is 5.56 Å². The molecular weight excluding hydrogens is 300 g/mol. The van der Waals surface area contributed by atoms with Crippen LogP contribution in [-0.2, 0) is 20.6 Å². The topological polar surface area (TPSA) is 70.2 Å². The first-order chi connectivity index (χ1) is 10.6. The number of hydrogen-bond donors (Lipinski definition) is 1. The molecule has 0 aliphatic rings. The van der Waals surface area contributed by atoms with Crippen molar-refractivity contribution in [2.24, 2.45) is 0 Å². The van der Waals surface area contributed by atoms with E-state index in [1.54, 1.807) is 54.7 Å². The molecule has 0 aliphatic heterocycles. The molecule has 2 aromatic carbocycles. The molecule has 0 aliphatic carbocycles. The zero-order chi connectivity index (χ0) is 15.6. The molecule has 1 aromatic heterocycles. The molecule has 0 bridgehead atoms. The maximum Gasteiger partial charge on any atom is 0.331 e. The van der Waals surface area contributed by atoms with Gasteiger partial charge in [0.25, 0.3) is 0 Å². The maximum absolute atomic E-state index is 12.5. The number of carbonyl (C=O) groups excluding carboxylic acids is 1. The minimum atomic E-state index is -3.83. The Kier molecular flexibility index (Phi) is 3.68. The summed E-state index contributed by atoms with van der Waals surface area (Å²) in [5.41, 5.74) is 1.64. The lowest BCUT2D eigenvalue weighted by atomic mass is 10.2. The predicted molar refractivity (Wildman–Crippen MR) is 85.5 cm³/mol. The maximum atomic E-state index is 12.5. The van der Waals surface area contributed by atoms with Crippen LogP contribution in [-0.4, -0.2) is 19.8 Å². The number of anilines is 1. The number of amides is 1. The van der Waals surface area contributed by atoms with Crippen molar-refractivity contribution in [3.63, 3.8) is 0 Å². The van der Waals surface area contributed by atoms with Gasteiger partial charge in [-0.15, -0.1) is 0 Å². The van der Waals surface area contributed by atoms with Gasteiger partial charge in [0.15, 0.2) is 0 Å². The second kappa shape index (κ2) is 5.65. The van der Waals surface area contributed by atoms with Gasteiger partial charge in [0.05, 0.1) is 11.4 Å². The smallest absolute Gasteiger partial charge is 0.331 e. The number of nitrogens with zero attached hydrogens (tertiary/aromatic N) is 1. The van der Waals surface area contributed by atoms with Crippen molar-refractivity contribution in [2.45, 2.75) is 5.75 Å².